The molecule has 0 aromatic heterocycles. The summed E-state index contributed by atoms with van der Waals surface area (Å²) < 4.78 is 5.42. The first-order valence-corrected chi connectivity index (χ1v) is 9.26. The molecule has 1 aliphatic rings. The summed E-state index contributed by atoms with van der Waals surface area (Å²) in [5.74, 6) is -0.0195. The molecule has 1 fully saturated rings. The van der Waals surface area contributed by atoms with Crippen LogP contribution in [0.2, 0.25) is 0 Å². The summed E-state index contributed by atoms with van der Waals surface area (Å²) in [4.78, 5) is 11.7. The highest BCUT2D eigenvalue weighted by molar-refractivity contribution is 5.69. The van der Waals surface area contributed by atoms with E-state index in [1.165, 1.54) is 70.6 Å². The van der Waals surface area contributed by atoms with Gasteiger partial charge in [0.2, 0.25) is 0 Å². The highest BCUT2D eigenvalue weighted by Gasteiger charge is 2.16. The van der Waals surface area contributed by atoms with Gasteiger partial charge in [-0.3, -0.25) is 10.1 Å². The Kier molecular flexibility index (Phi) is 11.5. The average Bonchev–Trinajstić information content (AvgIpc) is 2.50. The molecule has 124 valence electrons. The van der Waals surface area contributed by atoms with Gasteiger partial charge in [-0.25, -0.2) is 0 Å². The number of nitrogens with one attached hydrogen (secondary N) is 1. The maximum absolute atomic E-state index is 11.7. The number of carbonyl (C=O) groups excluding carboxylic acids is 1. The minimum Gasteiger partial charge on any atom is -0.447 e. The Bertz CT molecular complexity index is 250. The second-order valence-corrected chi connectivity index (χ2v) is 6.36. The third-order valence-corrected chi connectivity index (χ3v) is 4.27. The molecule has 0 radical (unpaired) electrons. The fourth-order valence-electron chi connectivity index (χ4n) is 2.89. The van der Waals surface area contributed by atoms with Crippen LogP contribution in [0.3, 0.4) is 0 Å². The molecular weight excluding hydrogens is 262 g/mol. The summed E-state index contributed by atoms with van der Waals surface area (Å²) in [6.45, 7) is 3.24. The Labute approximate surface area is 131 Å². The molecule has 0 aliphatic carbocycles. The zero-order valence-electron chi connectivity index (χ0n) is 14.0. The summed E-state index contributed by atoms with van der Waals surface area (Å²) in [5.41, 5.74) is 0. The summed E-state index contributed by atoms with van der Waals surface area (Å²) in [6, 6.07) is 0. The summed E-state index contributed by atoms with van der Waals surface area (Å²) in [6.07, 6.45) is 16.9. The van der Waals surface area contributed by atoms with Crippen molar-refractivity contribution in [1.82, 2.24) is 5.32 Å². The molecule has 0 aromatic rings. The number of hydrogen-bond acceptors (Lipinski definition) is 3. The molecule has 0 saturated carbocycles. The predicted octanol–water partition coefficient (Wildman–Crippen LogP) is 4.94. The van der Waals surface area contributed by atoms with Crippen LogP contribution in [-0.2, 0) is 9.53 Å². The SMILES string of the molecule is CCCCCCCCCCCCC(=O)OC1CCCCN1. The molecule has 1 atom stereocenters. The second kappa shape index (κ2) is 13.1. The quantitative estimate of drug-likeness (QED) is 0.409. The molecule has 3 nitrogen and oxygen atoms in total. The molecule has 1 N–H and O–H groups in total. The molecule has 0 bridgehead atoms. The molecule has 1 saturated heterocycles. The van der Waals surface area contributed by atoms with Crippen molar-refractivity contribution >= 4 is 5.97 Å². The van der Waals surface area contributed by atoms with Crippen molar-refractivity contribution in [1.29, 1.82) is 0 Å². The Balaban J connectivity index is 1.81. The Morgan fingerprint density at radius 3 is 2.14 bits per heavy atom. The molecule has 1 aliphatic heterocycles. The van der Waals surface area contributed by atoms with Crippen molar-refractivity contribution in [2.45, 2.75) is 103 Å². The van der Waals surface area contributed by atoms with Gasteiger partial charge in [-0.05, 0) is 32.2 Å². The van der Waals surface area contributed by atoms with Gasteiger partial charge in [-0.1, -0.05) is 64.7 Å². The molecule has 0 spiro atoms. The third-order valence-electron chi connectivity index (χ3n) is 4.27. The van der Waals surface area contributed by atoms with Gasteiger partial charge >= 0.3 is 5.97 Å². The van der Waals surface area contributed by atoms with Gasteiger partial charge < -0.3 is 4.74 Å². The standard InChI is InChI=1S/C18H35NO2/c1-2-3-4-5-6-7-8-9-10-11-15-18(20)21-17-14-12-13-16-19-17/h17,19H,2-16H2,1H3. The molecule has 1 unspecified atom stereocenters. The first-order valence-electron chi connectivity index (χ1n) is 9.26. The molecule has 0 aromatic carbocycles. The third kappa shape index (κ3) is 10.8. The van der Waals surface area contributed by atoms with Crippen LogP contribution in [0, 0.1) is 0 Å². The Morgan fingerprint density at radius 2 is 1.57 bits per heavy atom. The van der Waals surface area contributed by atoms with E-state index in [2.05, 4.69) is 12.2 Å². The van der Waals surface area contributed by atoms with Crippen LogP contribution in [0.5, 0.6) is 0 Å². The van der Waals surface area contributed by atoms with Crippen LogP contribution < -0.4 is 5.32 Å². The van der Waals surface area contributed by atoms with E-state index in [9.17, 15) is 4.79 Å². The maximum Gasteiger partial charge on any atom is 0.307 e. The molecular formula is C18H35NO2. The van der Waals surface area contributed by atoms with Gasteiger partial charge in [0, 0.05) is 6.42 Å². The van der Waals surface area contributed by atoms with Gasteiger partial charge in [0.05, 0.1) is 0 Å². The van der Waals surface area contributed by atoms with Gasteiger partial charge in [-0.2, -0.15) is 0 Å². The van der Waals surface area contributed by atoms with Gasteiger partial charge in [0.1, 0.15) is 0 Å². The van der Waals surface area contributed by atoms with E-state index in [0.717, 1.165) is 19.4 Å². The molecule has 1 rings (SSSR count). The summed E-state index contributed by atoms with van der Waals surface area (Å²) in [5, 5.41) is 3.25. The first kappa shape index (κ1) is 18.5. The topological polar surface area (TPSA) is 38.3 Å². The highest BCUT2D eigenvalue weighted by Crippen LogP contribution is 2.13. The molecule has 3 heteroatoms. The van der Waals surface area contributed by atoms with Crippen LogP contribution in [0.15, 0.2) is 0 Å². The van der Waals surface area contributed by atoms with E-state index in [-0.39, 0.29) is 12.2 Å². The Hall–Kier alpha value is -0.570. The second-order valence-electron chi connectivity index (χ2n) is 6.36. The number of ether oxygens (including phenoxy) is 1. The largest absolute Gasteiger partial charge is 0.447 e. The zero-order valence-corrected chi connectivity index (χ0v) is 14.0. The van der Waals surface area contributed by atoms with Gasteiger partial charge in [0.25, 0.3) is 0 Å². The lowest BCUT2D eigenvalue weighted by atomic mass is 10.1. The predicted molar refractivity (Wildman–Crippen MR) is 88.2 cm³/mol. The lowest BCUT2D eigenvalue weighted by Gasteiger charge is -2.23. The maximum atomic E-state index is 11.7. The normalized spacial score (nSPS) is 18.6. The van der Waals surface area contributed by atoms with Gasteiger partial charge in [0.15, 0.2) is 6.23 Å². The monoisotopic (exact) mass is 297 g/mol. The fraction of sp³-hybridized carbons (Fsp3) is 0.944. The molecule has 1 heterocycles. The van der Waals surface area contributed by atoms with Crippen molar-refractivity contribution in [3.63, 3.8) is 0 Å². The van der Waals surface area contributed by atoms with Crippen molar-refractivity contribution in [2.75, 3.05) is 6.54 Å². The van der Waals surface area contributed by atoms with E-state index in [4.69, 9.17) is 4.74 Å². The highest BCUT2D eigenvalue weighted by atomic mass is 16.6. The minimum absolute atomic E-state index is 0.0191. The van der Waals surface area contributed by atoms with E-state index >= 15 is 0 Å². The van der Waals surface area contributed by atoms with Crippen LogP contribution in [0.1, 0.15) is 96.8 Å². The lowest BCUT2D eigenvalue weighted by Crippen LogP contribution is -2.37. The van der Waals surface area contributed by atoms with Crippen LogP contribution in [-0.4, -0.2) is 18.7 Å². The zero-order chi connectivity index (χ0) is 15.2. The number of rotatable bonds is 12. The minimum atomic E-state index is -0.0195. The number of hydrogen-bond donors (Lipinski definition) is 1. The molecule has 21 heavy (non-hydrogen) atoms. The van der Waals surface area contributed by atoms with Crippen LogP contribution in [0.4, 0.5) is 0 Å². The number of unbranched alkanes of at least 4 members (excludes halogenated alkanes) is 9. The first-order chi connectivity index (χ1) is 10.3. The van der Waals surface area contributed by atoms with E-state index in [1.807, 2.05) is 0 Å². The smallest absolute Gasteiger partial charge is 0.307 e. The van der Waals surface area contributed by atoms with Gasteiger partial charge in [-0.15, -0.1) is 0 Å². The van der Waals surface area contributed by atoms with E-state index in [1.54, 1.807) is 0 Å². The van der Waals surface area contributed by atoms with Crippen molar-refractivity contribution in [3.05, 3.63) is 0 Å². The number of carbonyl (C=O) groups is 1. The number of esters is 1. The van der Waals surface area contributed by atoms with E-state index < -0.39 is 0 Å². The van der Waals surface area contributed by atoms with E-state index in [0.29, 0.717) is 6.42 Å². The average molecular weight is 297 g/mol. The molecule has 0 amide bonds. The summed E-state index contributed by atoms with van der Waals surface area (Å²) in [7, 11) is 0. The lowest BCUT2D eigenvalue weighted by molar-refractivity contribution is -0.152. The van der Waals surface area contributed by atoms with Crippen LogP contribution in [0.25, 0.3) is 0 Å². The summed E-state index contributed by atoms with van der Waals surface area (Å²) >= 11 is 0. The fourth-order valence-corrected chi connectivity index (χ4v) is 2.89. The van der Waals surface area contributed by atoms with Crippen molar-refractivity contribution in [3.8, 4) is 0 Å². The van der Waals surface area contributed by atoms with Crippen molar-refractivity contribution < 1.29 is 9.53 Å². The Morgan fingerprint density at radius 1 is 0.952 bits per heavy atom. The van der Waals surface area contributed by atoms with Crippen molar-refractivity contribution in [2.24, 2.45) is 0 Å². The number of piperidine rings is 1. The van der Waals surface area contributed by atoms with Crippen LogP contribution >= 0.6 is 0 Å².